The summed E-state index contributed by atoms with van der Waals surface area (Å²) in [5, 5.41) is 4.11. The highest BCUT2D eigenvalue weighted by Crippen LogP contribution is 2.38. The van der Waals surface area contributed by atoms with Crippen LogP contribution in [0.2, 0.25) is 0 Å². The standard InChI is InChI=1S/C26H29NO4/c1-17(12-26(28)27-19-9-5-4-6-10-19)21-14-22-23(16-31-25(22)15-24(21)30-3)18-8-7-11-20(13-18)29-2/h7-8,11-16,19H,4-6,9-10H2,1-3H3,(H,27,28)/b17-12+. The van der Waals surface area contributed by atoms with Gasteiger partial charge < -0.3 is 19.2 Å². The molecule has 0 bridgehead atoms. The summed E-state index contributed by atoms with van der Waals surface area (Å²) < 4.78 is 16.8. The summed E-state index contributed by atoms with van der Waals surface area (Å²) in [5.41, 5.74) is 4.44. The second-order valence-electron chi connectivity index (χ2n) is 8.10. The van der Waals surface area contributed by atoms with E-state index >= 15 is 0 Å². The van der Waals surface area contributed by atoms with Crippen molar-refractivity contribution in [3.05, 3.63) is 54.3 Å². The van der Waals surface area contributed by atoms with E-state index in [9.17, 15) is 4.79 Å². The van der Waals surface area contributed by atoms with Crippen molar-refractivity contribution in [3.63, 3.8) is 0 Å². The minimum absolute atomic E-state index is 0.0493. The van der Waals surface area contributed by atoms with Crippen LogP contribution in [0.3, 0.4) is 0 Å². The van der Waals surface area contributed by atoms with Crippen molar-refractivity contribution in [3.8, 4) is 22.6 Å². The molecule has 1 saturated carbocycles. The average Bonchev–Trinajstić information content (AvgIpc) is 3.21. The molecule has 31 heavy (non-hydrogen) atoms. The molecule has 5 nitrogen and oxygen atoms in total. The Balaban J connectivity index is 1.68. The molecule has 162 valence electrons. The van der Waals surface area contributed by atoms with Crippen LogP contribution in [0.5, 0.6) is 11.5 Å². The summed E-state index contributed by atoms with van der Waals surface area (Å²) in [6.07, 6.45) is 9.18. The molecule has 4 rings (SSSR count). The predicted molar refractivity (Wildman–Crippen MR) is 123 cm³/mol. The van der Waals surface area contributed by atoms with Crippen LogP contribution in [0.1, 0.15) is 44.6 Å². The van der Waals surface area contributed by atoms with Crippen molar-refractivity contribution >= 4 is 22.4 Å². The maximum absolute atomic E-state index is 12.6. The van der Waals surface area contributed by atoms with Crippen LogP contribution in [0.25, 0.3) is 27.7 Å². The summed E-state index contributed by atoms with van der Waals surface area (Å²) in [6.45, 7) is 1.94. The molecule has 0 radical (unpaired) electrons. The van der Waals surface area contributed by atoms with Crippen molar-refractivity contribution in [1.29, 1.82) is 0 Å². The molecular weight excluding hydrogens is 390 g/mol. The van der Waals surface area contributed by atoms with E-state index in [0.29, 0.717) is 5.75 Å². The fourth-order valence-corrected chi connectivity index (χ4v) is 4.31. The fraction of sp³-hybridized carbons (Fsp3) is 0.346. The molecule has 0 unspecified atom stereocenters. The average molecular weight is 420 g/mol. The number of rotatable bonds is 6. The van der Waals surface area contributed by atoms with Crippen LogP contribution in [-0.2, 0) is 4.79 Å². The zero-order chi connectivity index (χ0) is 21.8. The van der Waals surface area contributed by atoms with Gasteiger partial charge >= 0.3 is 0 Å². The Bertz CT molecular complexity index is 1110. The number of nitrogens with one attached hydrogen (secondary N) is 1. The van der Waals surface area contributed by atoms with E-state index in [-0.39, 0.29) is 11.9 Å². The SMILES string of the molecule is COc1cccc(-c2coc3cc(OC)c(/C(C)=C/C(=O)NC4CCCCC4)cc23)c1. The summed E-state index contributed by atoms with van der Waals surface area (Å²) in [6, 6.07) is 12.1. The summed E-state index contributed by atoms with van der Waals surface area (Å²) in [7, 11) is 3.29. The molecule has 3 aromatic rings. The molecule has 0 spiro atoms. The Morgan fingerprint density at radius 1 is 1.10 bits per heavy atom. The molecule has 1 fully saturated rings. The van der Waals surface area contributed by atoms with Gasteiger partial charge in [0.25, 0.3) is 0 Å². The first kappa shape index (κ1) is 21.0. The van der Waals surface area contributed by atoms with E-state index in [1.807, 2.05) is 43.3 Å². The van der Waals surface area contributed by atoms with Crippen LogP contribution in [0.4, 0.5) is 0 Å². The van der Waals surface area contributed by atoms with Gasteiger partial charge in [-0.3, -0.25) is 4.79 Å². The number of methoxy groups -OCH3 is 2. The predicted octanol–water partition coefficient (Wildman–Crippen LogP) is 5.97. The van der Waals surface area contributed by atoms with E-state index in [0.717, 1.165) is 51.8 Å². The third-order valence-corrected chi connectivity index (χ3v) is 6.00. The van der Waals surface area contributed by atoms with Gasteiger partial charge in [-0.25, -0.2) is 0 Å². The Kier molecular flexibility index (Phi) is 6.31. The van der Waals surface area contributed by atoms with Crippen LogP contribution < -0.4 is 14.8 Å². The van der Waals surface area contributed by atoms with Crippen molar-refractivity contribution in [2.75, 3.05) is 14.2 Å². The first-order chi connectivity index (χ1) is 15.1. The molecule has 1 N–H and O–H groups in total. The number of amides is 1. The Morgan fingerprint density at radius 2 is 1.90 bits per heavy atom. The maximum Gasteiger partial charge on any atom is 0.244 e. The number of ether oxygens (including phenoxy) is 2. The lowest BCUT2D eigenvalue weighted by Crippen LogP contribution is -2.35. The van der Waals surface area contributed by atoms with Gasteiger partial charge in [-0.2, -0.15) is 0 Å². The lowest BCUT2D eigenvalue weighted by molar-refractivity contribution is -0.117. The van der Waals surface area contributed by atoms with Crippen LogP contribution in [0, 0.1) is 0 Å². The molecule has 1 aliphatic carbocycles. The number of allylic oxidation sites excluding steroid dienone is 1. The maximum atomic E-state index is 12.6. The van der Waals surface area contributed by atoms with E-state index in [1.165, 1.54) is 19.3 Å². The van der Waals surface area contributed by atoms with Crippen LogP contribution in [-0.4, -0.2) is 26.2 Å². The molecule has 0 atom stereocenters. The minimum atomic E-state index is -0.0493. The van der Waals surface area contributed by atoms with Gasteiger partial charge in [0.2, 0.25) is 5.91 Å². The molecule has 0 aliphatic heterocycles. The third-order valence-electron chi connectivity index (χ3n) is 6.00. The lowest BCUT2D eigenvalue weighted by atomic mass is 9.95. The number of carbonyl (C=O) groups is 1. The first-order valence-electron chi connectivity index (χ1n) is 10.8. The first-order valence-corrected chi connectivity index (χ1v) is 10.8. The smallest absolute Gasteiger partial charge is 0.244 e. The molecular formula is C26H29NO4. The van der Waals surface area contributed by atoms with E-state index in [2.05, 4.69) is 5.32 Å². The van der Waals surface area contributed by atoms with Gasteiger partial charge in [0.15, 0.2) is 0 Å². The molecule has 1 heterocycles. The zero-order valence-electron chi connectivity index (χ0n) is 18.4. The molecule has 2 aromatic carbocycles. The van der Waals surface area contributed by atoms with Gasteiger partial charge in [-0.1, -0.05) is 31.4 Å². The zero-order valence-corrected chi connectivity index (χ0v) is 18.4. The number of benzene rings is 2. The summed E-state index contributed by atoms with van der Waals surface area (Å²) >= 11 is 0. The Labute approximate surface area is 183 Å². The molecule has 1 amide bonds. The summed E-state index contributed by atoms with van der Waals surface area (Å²) in [4.78, 5) is 12.6. The second kappa shape index (κ2) is 9.29. The minimum Gasteiger partial charge on any atom is -0.497 e. The number of hydrogen-bond donors (Lipinski definition) is 1. The quantitative estimate of drug-likeness (QED) is 0.500. The van der Waals surface area contributed by atoms with Gasteiger partial charge in [0, 0.05) is 34.7 Å². The largest absolute Gasteiger partial charge is 0.497 e. The van der Waals surface area contributed by atoms with Crippen LogP contribution >= 0.6 is 0 Å². The third kappa shape index (κ3) is 4.61. The van der Waals surface area contributed by atoms with Gasteiger partial charge in [-0.05, 0) is 49.1 Å². The van der Waals surface area contributed by atoms with E-state index in [1.54, 1.807) is 26.6 Å². The number of hydrogen-bond acceptors (Lipinski definition) is 4. The van der Waals surface area contributed by atoms with Crippen molar-refractivity contribution in [2.24, 2.45) is 0 Å². The van der Waals surface area contributed by atoms with Crippen molar-refractivity contribution in [2.45, 2.75) is 45.1 Å². The highest BCUT2D eigenvalue weighted by molar-refractivity contribution is 6.00. The van der Waals surface area contributed by atoms with E-state index < -0.39 is 0 Å². The van der Waals surface area contributed by atoms with Gasteiger partial charge in [-0.15, -0.1) is 0 Å². The monoisotopic (exact) mass is 419 g/mol. The fourth-order valence-electron chi connectivity index (χ4n) is 4.31. The second-order valence-corrected chi connectivity index (χ2v) is 8.10. The summed E-state index contributed by atoms with van der Waals surface area (Å²) in [5.74, 6) is 1.42. The number of fused-ring (bicyclic) bond motifs is 1. The topological polar surface area (TPSA) is 60.7 Å². The van der Waals surface area contributed by atoms with Gasteiger partial charge in [0.1, 0.15) is 17.1 Å². The molecule has 5 heteroatoms. The van der Waals surface area contributed by atoms with Crippen molar-refractivity contribution in [1.82, 2.24) is 5.32 Å². The molecule has 1 aliphatic rings. The highest BCUT2D eigenvalue weighted by Gasteiger charge is 2.17. The Morgan fingerprint density at radius 3 is 2.65 bits per heavy atom. The molecule has 0 saturated heterocycles. The number of carbonyl (C=O) groups excluding carboxylic acids is 1. The lowest BCUT2D eigenvalue weighted by Gasteiger charge is -2.22. The van der Waals surface area contributed by atoms with Crippen molar-refractivity contribution < 1.29 is 18.7 Å². The molecule has 1 aromatic heterocycles. The normalized spacial score (nSPS) is 15.1. The number of furan rings is 1. The van der Waals surface area contributed by atoms with E-state index in [4.69, 9.17) is 13.9 Å². The highest BCUT2D eigenvalue weighted by atomic mass is 16.5. The Hall–Kier alpha value is -3.21. The van der Waals surface area contributed by atoms with Crippen LogP contribution in [0.15, 0.2) is 53.2 Å². The van der Waals surface area contributed by atoms with Gasteiger partial charge in [0.05, 0.1) is 20.5 Å².